The first-order chi connectivity index (χ1) is 15.6. The maximum atomic E-state index is 13.1. The molecule has 1 aliphatic heterocycles. The van der Waals surface area contributed by atoms with Crippen LogP contribution in [0.2, 0.25) is 0 Å². The normalized spacial score (nSPS) is 14.5. The molecule has 1 saturated heterocycles. The monoisotopic (exact) mass is 466 g/mol. The van der Waals surface area contributed by atoms with E-state index in [2.05, 4.69) is 0 Å². The smallest absolute Gasteiger partial charge is 0.416 e. The summed E-state index contributed by atoms with van der Waals surface area (Å²) in [5.74, 6) is 0.252. The van der Waals surface area contributed by atoms with Crippen LogP contribution in [0, 0.1) is 10.1 Å². The number of benzene rings is 2. The van der Waals surface area contributed by atoms with Gasteiger partial charge in [-0.2, -0.15) is 13.2 Å². The van der Waals surface area contributed by atoms with Gasteiger partial charge >= 0.3 is 6.18 Å². The van der Waals surface area contributed by atoms with E-state index in [9.17, 15) is 28.1 Å². The molecule has 2 aromatic carbocycles. The number of anilines is 1. The second-order valence-corrected chi connectivity index (χ2v) is 7.89. The van der Waals surface area contributed by atoms with E-state index in [1.54, 1.807) is 34.1 Å². The van der Waals surface area contributed by atoms with Crippen molar-refractivity contribution < 1.29 is 27.6 Å². The van der Waals surface area contributed by atoms with E-state index in [4.69, 9.17) is 4.74 Å². The molecule has 11 heteroatoms. The van der Waals surface area contributed by atoms with Crippen LogP contribution in [0.3, 0.4) is 0 Å². The first kappa shape index (κ1) is 24.3. The number of carbonyl (C=O) groups excluding carboxylic acids is 1. The average molecular weight is 466 g/mol. The zero-order valence-electron chi connectivity index (χ0n) is 18.3. The summed E-state index contributed by atoms with van der Waals surface area (Å²) in [5, 5.41) is 11.4. The summed E-state index contributed by atoms with van der Waals surface area (Å²) in [7, 11) is 3.84. The number of piperazine rings is 1. The van der Waals surface area contributed by atoms with E-state index in [1.807, 2.05) is 19.0 Å². The van der Waals surface area contributed by atoms with Gasteiger partial charge in [-0.05, 0) is 38.4 Å². The van der Waals surface area contributed by atoms with Crippen molar-refractivity contribution in [1.29, 1.82) is 0 Å². The molecule has 1 fully saturated rings. The third-order valence-corrected chi connectivity index (χ3v) is 5.32. The van der Waals surface area contributed by atoms with E-state index < -0.39 is 22.4 Å². The summed E-state index contributed by atoms with van der Waals surface area (Å²) in [6.45, 7) is 2.14. The van der Waals surface area contributed by atoms with Crippen molar-refractivity contribution in [2.45, 2.75) is 6.18 Å². The van der Waals surface area contributed by atoms with Gasteiger partial charge in [0, 0.05) is 38.8 Å². The van der Waals surface area contributed by atoms with E-state index in [-0.39, 0.29) is 37.8 Å². The number of alkyl halides is 3. The third kappa shape index (κ3) is 5.92. The second kappa shape index (κ2) is 10.1. The number of hydrogen-bond donors (Lipinski definition) is 0. The largest absolute Gasteiger partial charge is 0.491 e. The van der Waals surface area contributed by atoms with E-state index in [0.717, 1.165) is 12.1 Å². The highest BCUT2D eigenvalue weighted by atomic mass is 19.4. The minimum Gasteiger partial charge on any atom is -0.491 e. The number of nitrogens with zero attached hydrogens (tertiary/aromatic N) is 4. The van der Waals surface area contributed by atoms with Crippen molar-refractivity contribution in [3.8, 4) is 5.75 Å². The van der Waals surface area contributed by atoms with Gasteiger partial charge in [0.1, 0.15) is 18.0 Å². The van der Waals surface area contributed by atoms with Crippen LogP contribution in [0.1, 0.15) is 15.9 Å². The molecule has 1 aliphatic rings. The fraction of sp³-hybridized carbons (Fsp3) is 0.409. The Labute approximate surface area is 189 Å². The second-order valence-electron chi connectivity index (χ2n) is 7.89. The maximum absolute atomic E-state index is 13.1. The zero-order valence-corrected chi connectivity index (χ0v) is 18.3. The standard InChI is InChI=1S/C22H25F3N4O4/c1-26(2)13-14-33-20-6-4-3-5-17(20)21(30)28-11-9-27(10-12-28)18-8-7-16(22(23,24)25)15-19(18)29(31)32/h3-8,15H,9-14H2,1-2H3. The molecule has 178 valence electrons. The Bertz CT molecular complexity index is 1010. The fourth-order valence-electron chi connectivity index (χ4n) is 3.54. The highest BCUT2D eigenvalue weighted by Crippen LogP contribution is 2.37. The van der Waals surface area contributed by atoms with Gasteiger partial charge in [0.05, 0.1) is 16.1 Å². The van der Waals surface area contributed by atoms with Crippen LogP contribution in [0.15, 0.2) is 42.5 Å². The molecule has 0 atom stereocenters. The van der Waals surface area contributed by atoms with Gasteiger partial charge in [-0.1, -0.05) is 12.1 Å². The molecule has 2 aromatic rings. The number of nitro groups is 1. The fourth-order valence-corrected chi connectivity index (χ4v) is 3.54. The Hall–Kier alpha value is -3.34. The zero-order chi connectivity index (χ0) is 24.2. The van der Waals surface area contributed by atoms with Crippen molar-refractivity contribution in [3.63, 3.8) is 0 Å². The van der Waals surface area contributed by atoms with Gasteiger partial charge in [-0.25, -0.2) is 0 Å². The number of carbonyl (C=O) groups is 1. The Balaban J connectivity index is 1.71. The number of halogens is 3. The number of nitro benzene ring substituents is 1. The summed E-state index contributed by atoms with van der Waals surface area (Å²) in [6, 6.07) is 9.43. The van der Waals surface area contributed by atoms with E-state index in [0.29, 0.717) is 30.5 Å². The van der Waals surface area contributed by atoms with Crippen LogP contribution in [0.5, 0.6) is 5.75 Å². The molecule has 1 heterocycles. The predicted octanol–water partition coefficient (Wildman–Crippen LogP) is 3.52. The van der Waals surface area contributed by atoms with Crippen molar-refractivity contribution in [3.05, 3.63) is 63.7 Å². The van der Waals surface area contributed by atoms with Gasteiger partial charge in [0.25, 0.3) is 11.6 Å². The van der Waals surface area contributed by atoms with Crippen LogP contribution >= 0.6 is 0 Å². The molecule has 0 radical (unpaired) electrons. The van der Waals surface area contributed by atoms with Crippen LogP contribution < -0.4 is 9.64 Å². The Morgan fingerprint density at radius 2 is 1.79 bits per heavy atom. The molecule has 8 nitrogen and oxygen atoms in total. The molecule has 3 rings (SSSR count). The lowest BCUT2D eigenvalue weighted by Gasteiger charge is -2.36. The van der Waals surface area contributed by atoms with Crippen molar-refractivity contribution in [2.24, 2.45) is 0 Å². The molecule has 1 amide bonds. The summed E-state index contributed by atoms with van der Waals surface area (Å²) < 4.78 is 44.7. The number of likely N-dealkylation sites (N-methyl/N-ethyl adjacent to an activating group) is 1. The third-order valence-electron chi connectivity index (χ3n) is 5.32. The predicted molar refractivity (Wildman–Crippen MR) is 117 cm³/mol. The lowest BCUT2D eigenvalue weighted by atomic mass is 10.1. The van der Waals surface area contributed by atoms with Crippen molar-refractivity contribution >= 4 is 17.3 Å². The van der Waals surface area contributed by atoms with E-state index >= 15 is 0 Å². The lowest BCUT2D eigenvalue weighted by Crippen LogP contribution is -2.49. The molecular weight excluding hydrogens is 441 g/mol. The molecule has 0 N–H and O–H groups in total. The van der Waals surface area contributed by atoms with Crippen molar-refractivity contribution in [2.75, 3.05) is 58.3 Å². The number of ether oxygens (including phenoxy) is 1. The topological polar surface area (TPSA) is 79.2 Å². The average Bonchev–Trinajstić information content (AvgIpc) is 2.78. The molecule has 0 spiro atoms. The Kier molecular flexibility index (Phi) is 7.42. The maximum Gasteiger partial charge on any atom is 0.416 e. The Morgan fingerprint density at radius 3 is 2.39 bits per heavy atom. The molecule has 0 unspecified atom stereocenters. The van der Waals surface area contributed by atoms with Crippen LogP contribution in [0.4, 0.5) is 24.5 Å². The van der Waals surface area contributed by atoms with Crippen molar-refractivity contribution in [1.82, 2.24) is 9.80 Å². The molecular formula is C22H25F3N4O4. The number of amides is 1. The van der Waals surface area contributed by atoms with Gasteiger partial charge in [-0.15, -0.1) is 0 Å². The van der Waals surface area contributed by atoms with Crippen LogP contribution in [-0.4, -0.2) is 74.1 Å². The lowest BCUT2D eigenvalue weighted by molar-refractivity contribution is -0.384. The number of hydrogen-bond acceptors (Lipinski definition) is 6. The summed E-state index contributed by atoms with van der Waals surface area (Å²) in [4.78, 5) is 28.9. The van der Waals surface area contributed by atoms with Crippen LogP contribution in [0.25, 0.3) is 0 Å². The summed E-state index contributed by atoms with van der Waals surface area (Å²) >= 11 is 0. The first-order valence-corrected chi connectivity index (χ1v) is 10.3. The number of para-hydroxylation sites is 1. The van der Waals surface area contributed by atoms with Gasteiger partial charge in [0.2, 0.25) is 0 Å². The Morgan fingerprint density at radius 1 is 1.12 bits per heavy atom. The summed E-state index contributed by atoms with van der Waals surface area (Å²) in [6.07, 6.45) is -4.67. The molecule has 0 aromatic heterocycles. The molecule has 33 heavy (non-hydrogen) atoms. The summed E-state index contributed by atoms with van der Waals surface area (Å²) in [5.41, 5.74) is -1.15. The van der Waals surface area contributed by atoms with Gasteiger partial charge in [-0.3, -0.25) is 14.9 Å². The first-order valence-electron chi connectivity index (χ1n) is 10.3. The van der Waals surface area contributed by atoms with Gasteiger partial charge in [0.15, 0.2) is 0 Å². The van der Waals surface area contributed by atoms with Crippen LogP contribution in [-0.2, 0) is 6.18 Å². The van der Waals surface area contributed by atoms with Gasteiger partial charge < -0.3 is 19.4 Å². The highest BCUT2D eigenvalue weighted by Gasteiger charge is 2.34. The molecule has 0 aliphatic carbocycles. The molecule has 0 saturated carbocycles. The van der Waals surface area contributed by atoms with E-state index in [1.165, 1.54) is 0 Å². The highest BCUT2D eigenvalue weighted by molar-refractivity contribution is 5.97. The quantitative estimate of drug-likeness (QED) is 0.459. The SMILES string of the molecule is CN(C)CCOc1ccccc1C(=O)N1CCN(c2ccc(C(F)(F)F)cc2[N+](=O)[O-])CC1. The number of rotatable bonds is 7. The molecule has 0 bridgehead atoms. The minimum atomic E-state index is -4.67. The minimum absolute atomic E-state index is 0.104.